The highest BCUT2D eigenvalue weighted by molar-refractivity contribution is 5.33. The normalized spacial score (nSPS) is 18.2. The van der Waals surface area contributed by atoms with Crippen molar-refractivity contribution in [2.45, 2.75) is 25.0 Å². The number of ether oxygens (including phenoxy) is 2. The molecule has 0 atom stereocenters. The van der Waals surface area contributed by atoms with E-state index in [0.29, 0.717) is 44.9 Å². The highest BCUT2D eigenvalue weighted by atomic mass is 19.1. The van der Waals surface area contributed by atoms with E-state index in [-0.39, 0.29) is 5.82 Å². The van der Waals surface area contributed by atoms with E-state index in [1.165, 1.54) is 12.1 Å². The van der Waals surface area contributed by atoms with Crippen molar-refractivity contribution in [2.24, 2.45) is 0 Å². The molecule has 1 saturated heterocycles. The van der Waals surface area contributed by atoms with Gasteiger partial charge in [0.1, 0.15) is 11.6 Å². The van der Waals surface area contributed by atoms with E-state index in [9.17, 15) is 9.50 Å². The number of nitrogens with zero attached hydrogens (tertiary/aromatic N) is 1. The Morgan fingerprint density at radius 1 is 1.40 bits per heavy atom. The molecule has 0 spiro atoms. The monoisotopic (exact) mass is 283 g/mol. The molecule has 0 amide bonds. The summed E-state index contributed by atoms with van der Waals surface area (Å²) in [6.07, 6.45) is 1.27. The van der Waals surface area contributed by atoms with Crippen molar-refractivity contribution < 1.29 is 19.0 Å². The number of rotatable bonds is 5. The molecule has 0 unspecified atom stereocenters. The molecule has 0 aliphatic carbocycles. The second-order valence-electron chi connectivity index (χ2n) is 5.47. The summed E-state index contributed by atoms with van der Waals surface area (Å²) in [5.41, 5.74) is 0.0683. The molecule has 112 valence electrons. The van der Waals surface area contributed by atoms with Crippen LogP contribution in [0, 0.1) is 5.82 Å². The van der Waals surface area contributed by atoms with Crippen LogP contribution in [0.1, 0.15) is 18.4 Å². The van der Waals surface area contributed by atoms with Gasteiger partial charge in [-0.2, -0.15) is 0 Å². The fraction of sp³-hybridized carbons (Fsp3) is 0.600. The van der Waals surface area contributed by atoms with Gasteiger partial charge >= 0.3 is 0 Å². The topological polar surface area (TPSA) is 41.9 Å². The SMILES string of the molecule is COc1ccc(F)cc1CN(C)CC1(O)CCOCC1. The van der Waals surface area contributed by atoms with Crippen molar-refractivity contribution in [3.63, 3.8) is 0 Å². The lowest BCUT2D eigenvalue weighted by molar-refractivity contribution is -0.0777. The average Bonchev–Trinajstić information content (AvgIpc) is 2.39. The van der Waals surface area contributed by atoms with Crippen LogP contribution < -0.4 is 4.74 Å². The number of methoxy groups -OCH3 is 1. The van der Waals surface area contributed by atoms with Crippen LogP contribution in [0.2, 0.25) is 0 Å². The minimum Gasteiger partial charge on any atom is -0.496 e. The molecule has 1 N–H and O–H groups in total. The Hall–Kier alpha value is -1.17. The van der Waals surface area contributed by atoms with E-state index in [2.05, 4.69) is 0 Å². The van der Waals surface area contributed by atoms with Crippen molar-refractivity contribution in [2.75, 3.05) is 33.9 Å². The number of hydrogen-bond acceptors (Lipinski definition) is 4. The Bertz CT molecular complexity index is 447. The van der Waals surface area contributed by atoms with Crippen LogP contribution in [0.5, 0.6) is 5.75 Å². The van der Waals surface area contributed by atoms with Gasteiger partial charge in [0.15, 0.2) is 0 Å². The summed E-state index contributed by atoms with van der Waals surface area (Å²) >= 11 is 0. The lowest BCUT2D eigenvalue weighted by Crippen LogP contribution is -2.45. The fourth-order valence-electron chi connectivity index (χ4n) is 2.63. The van der Waals surface area contributed by atoms with Crippen molar-refractivity contribution in [3.8, 4) is 5.75 Å². The highest BCUT2D eigenvalue weighted by Gasteiger charge is 2.31. The lowest BCUT2D eigenvalue weighted by atomic mass is 9.94. The molecule has 1 aliphatic heterocycles. The first-order chi connectivity index (χ1) is 9.52. The van der Waals surface area contributed by atoms with E-state index < -0.39 is 5.60 Å². The Kier molecular flexibility index (Phi) is 4.96. The van der Waals surface area contributed by atoms with Gasteiger partial charge in [0.25, 0.3) is 0 Å². The molecule has 0 bridgehead atoms. The van der Waals surface area contributed by atoms with Crippen LogP contribution in [-0.2, 0) is 11.3 Å². The van der Waals surface area contributed by atoms with Crippen molar-refractivity contribution in [1.29, 1.82) is 0 Å². The molecule has 1 fully saturated rings. The summed E-state index contributed by atoms with van der Waals surface area (Å²) in [4.78, 5) is 1.99. The maximum atomic E-state index is 13.3. The molecule has 0 saturated carbocycles. The number of benzene rings is 1. The van der Waals surface area contributed by atoms with Crippen LogP contribution in [-0.4, -0.2) is 49.5 Å². The third-order valence-corrected chi connectivity index (χ3v) is 3.67. The zero-order valence-electron chi connectivity index (χ0n) is 12.1. The zero-order valence-corrected chi connectivity index (χ0v) is 12.1. The van der Waals surface area contributed by atoms with Gasteiger partial charge in [-0.15, -0.1) is 0 Å². The lowest BCUT2D eigenvalue weighted by Gasteiger charge is -2.35. The predicted molar refractivity (Wildman–Crippen MR) is 74.3 cm³/mol. The smallest absolute Gasteiger partial charge is 0.123 e. The maximum Gasteiger partial charge on any atom is 0.123 e. The van der Waals surface area contributed by atoms with E-state index in [0.717, 1.165) is 5.56 Å². The standard InChI is InChI=1S/C15H22FNO3/c1-17(11-15(18)5-7-20-8-6-15)10-12-9-13(16)3-4-14(12)19-2/h3-4,9,18H,5-8,10-11H2,1-2H3. The van der Waals surface area contributed by atoms with Crippen LogP contribution in [0.3, 0.4) is 0 Å². The van der Waals surface area contributed by atoms with E-state index in [1.807, 2.05) is 11.9 Å². The minimum atomic E-state index is -0.715. The van der Waals surface area contributed by atoms with Gasteiger partial charge < -0.3 is 14.6 Å². The third-order valence-electron chi connectivity index (χ3n) is 3.67. The van der Waals surface area contributed by atoms with Gasteiger partial charge in [0.2, 0.25) is 0 Å². The van der Waals surface area contributed by atoms with Gasteiger partial charge in [-0.25, -0.2) is 4.39 Å². The van der Waals surface area contributed by atoms with Crippen LogP contribution in [0.15, 0.2) is 18.2 Å². The van der Waals surface area contributed by atoms with Crippen LogP contribution in [0.25, 0.3) is 0 Å². The van der Waals surface area contributed by atoms with Gasteiger partial charge in [-0.1, -0.05) is 0 Å². The molecule has 4 nitrogen and oxygen atoms in total. The first kappa shape index (κ1) is 15.2. The molecule has 0 radical (unpaired) electrons. The van der Waals surface area contributed by atoms with Crippen molar-refractivity contribution in [1.82, 2.24) is 4.90 Å². The van der Waals surface area contributed by atoms with E-state index in [4.69, 9.17) is 9.47 Å². The number of aliphatic hydroxyl groups is 1. The molecule has 5 heteroatoms. The number of halogens is 1. The Morgan fingerprint density at radius 3 is 2.75 bits per heavy atom. The molecule has 1 aromatic rings. The summed E-state index contributed by atoms with van der Waals surface area (Å²) in [5, 5.41) is 10.5. The van der Waals surface area contributed by atoms with Crippen molar-refractivity contribution in [3.05, 3.63) is 29.6 Å². The first-order valence-corrected chi connectivity index (χ1v) is 6.83. The molecular formula is C15H22FNO3. The molecule has 1 aromatic carbocycles. The Balaban J connectivity index is 2.00. The minimum absolute atomic E-state index is 0.279. The largest absolute Gasteiger partial charge is 0.496 e. The zero-order chi connectivity index (χ0) is 14.6. The Labute approximate surface area is 119 Å². The predicted octanol–water partition coefficient (Wildman–Crippen LogP) is 1.81. The van der Waals surface area contributed by atoms with Crippen LogP contribution >= 0.6 is 0 Å². The Morgan fingerprint density at radius 2 is 2.10 bits per heavy atom. The summed E-state index contributed by atoms with van der Waals surface area (Å²) < 4.78 is 23.8. The number of hydrogen-bond donors (Lipinski definition) is 1. The molecule has 1 aliphatic rings. The van der Waals surface area contributed by atoms with E-state index >= 15 is 0 Å². The first-order valence-electron chi connectivity index (χ1n) is 6.83. The summed E-state index contributed by atoms with van der Waals surface area (Å²) in [6, 6.07) is 4.49. The van der Waals surface area contributed by atoms with Crippen LogP contribution in [0.4, 0.5) is 4.39 Å². The molecule has 1 heterocycles. The number of likely N-dealkylation sites (N-methyl/N-ethyl adjacent to an activating group) is 1. The molecular weight excluding hydrogens is 261 g/mol. The fourth-order valence-corrected chi connectivity index (χ4v) is 2.63. The van der Waals surface area contributed by atoms with Gasteiger partial charge in [0, 0.05) is 44.7 Å². The van der Waals surface area contributed by atoms with Gasteiger partial charge in [-0.05, 0) is 25.2 Å². The van der Waals surface area contributed by atoms with E-state index in [1.54, 1.807) is 13.2 Å². The molecule has 0 aromatic heterocycles. The average molecular weight is 283 g/mol. The summed E-state index contributed by atoms with van der Waals surface area (Å²) in [7, 11) is 3.49. The highest BCUT2D eigenvalue weighted by Crippen LogP contribution is 2.24. The maximum absolute atomic E-state index is 13.3. The molecule has 20 heavy (non-hydrogen) atoms. The van der Waals surface area contributed by atoms with Gasteiger partial charge in [0.05, 0.1) is 12.7 Å². The quantitative estimate of drug-likeness (QED) is 0.895. The third kappa shape index (κ3) is 3.91. The molecule has 2 rings (SSSR count). The van der Waals surface area contributed by atoms with Gasteiger partial charge in [-0.3, -0.25) is 4.90 Å². The second-order valence-corrected chi connectivity index (χ2v) is 5.47. The second kappa shape index (κ2) is 6.52. The van der Waals surface area contributed by atoms with Crippen molar-refractivity contribution >= 4 is 0 Å². The summed E-state index contributed by atoms with van der Waals surface area (Å²) in [6.45, 7) is 2.25. The summed E-state index contributed by atoms with van der Waals surface area (Å²) in [5.74, 6) is 0.385.